The second kappa shape index (κ2) is 3.27. The quantitative estimate of drug-likeness (QED) is 0.475. The lowest BCUT2D eigenvalue weighted by molar-refractivity contribution is 0.104. The Balaban J connectivity index is 2.26. The second-order valence-electron chi connectivity index (χ2n) is 4.54. The van der Waals surface area contributed by atoms with Gasteiger partial charge in [0.15, 0.2) is 5.78 Å². The van der Waals surface area contributed by atoms with E-state index in [1.54, 1.807) is 0 Å². The van der Waals surface area contributed by atoms with Gasteiger partial charge in [0.25, 0.3) is 0 Å². The number of fused-ring (bicyclic) bond motifs is 2. The molecule has 0 saturated carbocycles. The average molecular weight is 251 g/mol. The summed E-state index contributed by atoms with van der Waals surface area (Å²) in [5.41, 5.74) is 4.67. The number of ketones is 1. The van der Waals surface area contributed by atoms with Crippen LogP contribution in [0, 0.1) is 6.92 Å². The van der Waals surface area contributed by atoms with Crippen LogP contribution < -0.4 is 0 Å². The summed E-state index contributed by atoms with van der Waals surface area (Å²) in [5, 5.41) is 1.03. The summed E-state index contributed by atoms with van der Waals surface area (Å²) in [6, 6.07) is 11.6. The van der Waals surface area contributed by atoms with Gasteiger partial charge in [0.05, 0.1) is 10.4 Å². The Morgan fingerprint density at radius 3 is 2.61 bits per heavy atom. The summed E-state index contributed by atoms with van der Waals surface area (Å²) >= 11 is 1.48. The van der Waals surface area contributed by atoms with E-state index in [2.05, 4.69) is 11.3 Å². The molecule has 18 heavy (non-hydrogen) atoms. The van der Waals surface area contributed by atoms with Gasteiger partial charge in [0.1, 0.15) is 0 Å². The molecule has 0 fully saturated rings. The van der Waals surface area contributed by atoms with Crippen molar-refractivity contribution in [2.75, 3.05) is 0 Å². The fourth-order valence-corrected chi connectivity index (χ4v) is 3.46. The average Bonchev–Trinajstić information content (AvgIpc) is 2.84. The van der Waals surface area contributed by atoms with Crippen LogP contribution >= 0.6 is 11.5 Å². The predicted molar refractivity (Wildman–Crippen MR) is 73.2 cm³/mol. The first-order chi connectivity index (χ1) is 8.77. The molecule has 1 aliphatic carbocycles. The first-order valence-corrected chi connectivity index (χ1v) is 6.58. The summed E-state index contributed by atoms with van der Waals surface area (Å²) in [6.45, 7) is 2.06. The van der Waals surface area contributed by atoms with Gasteiger partial charge in [-0.05, 0) is 30.1 Å². The van der Waals surface area contributed by atoms with Crippen molar-refractivity contribution in [3.05, 3.63) is 53.1 Å². The van der Waals surface area contributed by atoms with E-state index in [1.165, 1.54) is 17.1 Å². The molecule has 2 aromatic carbocycles. The van der Waals surface area contributed by atoms with Gasteiger partial charge >= 0.3 is 0 Å². The number of benzene rings is 2. The van der Waals surface area contributed by atoms with Gasteiger partial charge in [-0.15, -0.1) is 0 Å². The molecule has 4 rings (SSSR count). The van der Waals surface area contributed by atoms with Gasteiger partial charge in [-0.1, -0.05) is 30.3 Å². The highest BCUT2D eigenvalue weighted by atomic mass is 32.1. The number of aryl methyl sites for hydroxylation is 1. The number of aromatic nitrogens is 1. The van der Waals surface area contributed by atoms with E-state index in [0.29, 0.717) is 0 Å². The molecule has 0 aliphatic heterocycles. The highest BCUT2D eigenvalue weighted by Gasteiger charge is 2.27. The number of nitrogens with zero attached hydrogens (tertiary/aromatic N) is 1. The molecule has 0 radical (unpaired) electrons. The number of hydrogen-bond donors (Lipinski definition) is 0. The van der Waals surface area contributed by atoms with Crippen molar-refractivity contribution in [1.29, 1.82) is 0 Å². The van der Waals surface area contributed by atoms with Gasteiger partial charge in [-0.2, -0.15) is 4.37 Å². The Kier molecular flexibility index (Phi) is 1.81. The van der Waals surface area contributed by atoms with Gasteiger partial charge in [-0.25, -0.2) is 0 Å². The lowest BCUT2D eigenvalue weighted by atomic mass is 9.87. The zero-order valence-electron chi connectivity index (χ0n) is 9.73. The first-order valence-electron chi connectivity index (χ1n) is 5.80. The molecular formula is C15H9NOS. The van der Waals surface area contributed by atoms with E-state index in [4.69, 9.17) is 0 Å². The lowest BCUT2D eigenvalue weighted by Gasteiger charge is -2.14. The standard InChI is InChI=1S/C15H9NOS/c1-8-6-7-11-12-13(16-18-15(8)12)9-4-2-3-5-10(9)14(11)17/h2-7H,1H3. The third-order valence-electron chi connectivity index (χ3n) is 3.49. The molecule has 0 unspecified atom stereocenters. The van der Waals surface area contributed by atoms with Crippen molar-refractivity contribution in [3.8, 4) is 11.3 Å². The summed E-state index contributed by atoms with van der Waals surface area (Å²) in [6.07, 6.45) is 0. The predicted octanol–water partition coefficient (Wildman–Crippen LogP) is 3.82. The monoisotopic (exact) mass is 251 g/mol. The Bertz CT molecular complexity index is 816. The van der Waals surface area contributed by atoms with Crippen LogP contribution in [0.1, 0.15) is 21.5 Å². The molecule has 1 heterocycles. The van der Waals surface area contributed by atoms with Gasteiger partial charge in [0, 0.05) is 22.1 Å². The zero-order valence-corrected chi connectivity index (χ0v) is 10.5. The maximum Gasteiger partial charge on any atom is 0.194 e. The fourth-order valence-electron chi connectivity index (χ4n) is 2.58. The summed E-state index contributed by atoms with van der Waals surface area (Å²) in [5.74, 6) is 0.114. The maximum atomic E-state index is 12.5. The van der Waals surface area contributed by atoms with Crippen LogP contribution in [0.15, 0.2) is 36.4 Å². The van der Waals surface area contributed by atoms with Gasteiger partial charge < -0.3 is 0 Å². The molecular weight excluding hydrogens is 242 g/mol. The van der Waals surface area contributed by atoms with Crippen LogP contribution in [0.2, 0.25) is 0 Å². The van der Waals surface area contributed by atoms with Crippen LogP contribution in [0.3, 0.4) is 0 Å². The van der Waals surface area contributed by atoms with E-state index in [0.717, 1.165) is 32.5 Å². The minimum atomic E-state index is 0.114. The fraction of sp³-hybridized carbons (Fsp3) is 0.0667. The molecule has 0 atom stereocenters. The van der Waals surface area contributed by atoms with Crippen LogP contribution in [0.4, 0.5) is 0 Å². The Morgan fingerprint density at radius 2 is 1.78 bits per heavy atom. The van der Waals surface area contributed by atoms with Crippen molar-refractivity contribution in [1.82, 2.24) is 4.37 Å². The number of rotatable bonds is 0. The van der Waals surface area contributed by atoms with Crippen molar-refractivity contribution in [2.45, 2.75) is 6.92 Å². The molecule has 1 aliphatic rings. The molecule has 0 N–H and O–H groups in total. The highest BCUT2D eigenvalue weighted by Crippen LogP contribution is 2.41. The molecule has 0 amide bonds. The second-order valence-corrected chi connectivity index (χ2v) is 5.31. The number of carbonyl (C=O) groups is 1. The van der Waals surface area contributed by atoms with Crippen LogP contribution in [-0.2, 0) is 0 Å². The normalized spacial score (nSPS) is 12.8. The van der Waals surface area contributed by atoms with Crippen LogP contribution in [0.25, 0.3) is 21.3 Å². The van der Waals surface area contributed by atoms with Crippen molar-refractivity contribution in [2.24, 2.45) is 0 Å². The van der Waals surface area contributed by atoms with E-state index >= 15 is 0 Å². The largest absolute Gasteiger partial charge is 0.289 e. The maximum absolute atomic E-state index is 12.5. The Labute approximate surface area is 108 Å². The van der Waals surface area contributed by atoms with Crippen molar-refractivity contribution >= 4 is 27.4 Å². The van der Waals surface area contributed by atoms with Crippen molar-refractivity contribution < 1.29 is 4.79 Å². The molecule has 3 heteroatoms. The third kappa shape index (κ3) is 1.07. The number of hydrogen-bond acceptors (Lipinski definition) is 3. The summed E-state index contributed by atoms with van der Waals surface area (Å²) in [7, 11) is 0. The molecule has 86 valence electrons. The van der Waals surface area contributed by atoms with E-state index in [1.807, 2.05) is 36.4 Å². The molecule has 0 saturated heterocycles. The number of carbonyl (C=O) groups excluding carboxylic acids is 1. The zero-order chi connectivity index (χ0) is 12.3. The molecule has 3 aromatic rings. The summed E-state index contributed by atoms with van der Waals surface area (Å²) in [4.78, 5) is 12.5. The van der Waals surface area contributed by atoms with E-state index in [9.17, 15) is 4.79 Å². The Hall–Kier alpha value is -2.00. The molecule has 0 bridgehead atoms. The minimum Gasteiger partial charge on any atom is -0.289 e. The SMILES string of the molecule is Cc1ccc2c3c(nsc13)-c1ccccc1C2=O. The molecule has 1 aromatic heterocycles. The smallest absolute Gasteiger partial charge is 0.194 e. The van der Waals surface area contributed by atoms with E-state index < -0.39 is 0 Å². The van der Waals surface area contributed by atoms with Crippen LogP contribution in [0.5, 0.6) is 0 Å². The van der Waals surface area contributed by atoms with Gasteiger partial charge in [0.2, 0.25) is 0 Å². The van der Waals surface area contributed by atoms with Crippen LogP contribution in [-0.4, -0.2) is 10.2 Å². The Morgan fingerprint density at radius 1 is 1.00 bits per heavy atom. The summed E-state index contributed by atoms with van der Waals surface area (Å²) < 4.78 is 5.68. The lowest BCUT2D eigenvalue weighted by Crippen LogP contribution is -2.08. The third-order valence-corrected chi connectivity index (χ3v) is 4.47. The highest BCUT2D eigenvalue weighted by molar-refractivity contribution is 7.14. The van der Waals surface area contributed by atoms with E-state index in [-0.39, 0.29) is 5.78 Å². The molecule has 2 nitrogen and oxygen atoms in total. The first kappa shape index (κ1) is 9.97. The van der Waals surface area contributed by atoms with Crippen molar-refractivity contribution in [3.63, 3.8) is 0 Å². The minimum absolute atomic E-state index is 0.114. The topological polar surface area (TPSA) is 30.0 Å². The molecule has 0 spiro atoms. The van der Waals surface area contributed by atoms with Gasteiger partial charge in [-0.3, -0.25) is 4.79 Å².